The Balaban J connectivity index is 1.70. The molecule has 146 valence electrons. The third-order valence-electron chi connectivity index (χ3n) is 3.85. The van der Waals surface area contributed by atoms with Gasteiger partial charge in [0.1, 0.15) is 19.0 Å². The molecule has 0 aliphatic rings. The molecule has 0 fully saturated rings. The van der Waals surface area contributed by atoms with Gasteiger partial charge in [0.25, 0.3) is 0 Å². The van der Waals surface area contributed by atoms with Gasteiger partial charge in [0, 0.05) is 19.8 Å². The first-order valence-electron chi connectivity index (χ1n) is 9.09. The molecule has 0 unspecified atom stereocenters. The quantitative estimate of drug-likeness (QED) is 0.410. The third kappa shape index (κ3) is 8.24. The second-order valence-electron chi connectivity index (χ2n) is 6.15. The number of ether oxygens (including phenoxy) is 3. The van der Waals surface area contributed by atoms with Gasteiger partial charge in [0.2, 0.25) is 0 Å². The summed E-state index contributed by atoms with van der Waals surface area (Å²) < 4.78 is 27.8. The van der Waals surface area contributed by atoms with Gasteiger partial charge in [-0.15, -0.1) is 0 Å². The Morgan fingerprint density at radius 3 is 1.81 bits per heavy atom. The lowest BCUT2D eigenvalue weighted by Crippen LogP contribution is -2.11. The van der Waals surface area contributed by atoms with Gasteiger partial charge in [0.15, 0.2) is 0 Å². The molecule has 2 rings (SSSR count). The molecular weight excluding hydrogens is 344 g/mol. The van der Waals surface area contributed by atoms with Crippen LogP contribution in [-0.2, 0) is 9.47 Å². The summed E-state index contributed by atoms with van der Waals surface area (Å²) in [5.74, 6) is 0.805. The van der Waals surface area contributed by atoms with Crippen LogP contribution in [0.2, 0.25) is 0 Å². The highest BCUT2D eigenvalue weighted by atomic mass is 18.2. The molecule has 0 spiro atoms. The van der Waals surface area contributed by atoms with E-state index in [0.29, 0.717) is 26.4 Å². The standard InChI is InChI=1S/C22H28FNO3/c1-24(2)21-9-5-19(6-10-21)3-4-20-7-11-22(12-8-20)27-18-17-26-16-15-25-14-13-23/h3-12H,13-18H2,1-2H3/b4-3+/i23-1. The number of rotatable bonds is 12. The maximum absolute atomic E-state index is 11.8. The summed E-state index contributed by atoms with van der Waals surface area (Å²) in [4.78, 5) is 2.08. The predicted molar refractivity (Wildman–Crippen MR) is 109 cm³/mol. The van der Waals surface area contributed by atoms with Crippen molar-refractivity contribution in [3.8, 4) is 5.75 Å². The minimum absolute atomic E-state index is 0.127. The van der Waals surface area contributed by atoms with Crippen LogP contribution in [0.15, 0.2) is 48.5 Å². The zero-order valence-electron chi connectivity index (χ0n) is 16.1. The van der Waals surface area contributed by atoms with Crippen LogP contribution in [0.1, 0.15) is 11.1 Å². The number of halogens is 1. The van der Waals surface area contributed by atoms with Crippen molar-refractivity contribution in [2.75, 3.05) is 58.7 Å². The van der Waals surface area contributed by atoms with Crippen molar-refractivity contribution in [2.45, 2.75) is 0 Å². The lowest BCUT2D eigenvalue weighted by molar-refractivity contribution is 0.0325. The number of benzene rings is 2. The van der Waals surface area contributed by atoms with E-state index in [-0.39, 0.29) is 6.61 Å². The average Bonchev–Trinajstić information content (AvgIpc) is 2.69. The summed E-state index contributed by atoms with van der Waals surface area (Å²) in [6.07, 6.45) is 4.17. The molecule has 0 aromatic heterocycles. The molecule has 0 aliphatic heterocycles. The van der Waals surface area contributed by atoms with E-state index < -0.39 is 6.67 Å². The Labute approximate surface area is 161 Å². The summed E-state index contributed by atoms with van der Waals surface area (Å²) in [7, 11) is 4.06. The van der Waals surface area contributed by atoms with E-state index in [1.54, 1.807) is 0 Å². The van der Waals surface area contributed by atoms with Crippen LogP contribution in [0, 0.1) is 0 Å². The average molecular weight is 372 g/mol. The summed E-state index contributed by atoms with van der Waals surface area (Å²) in [5.41, 5.74) is 3.46. The van der Waals surface area contributed by atoms with Gasteiger partial charge in [-0.05, 0) is 35.4 Å². The first-order valence-corrected chi connectivity index (χ1v) is 9.09. The molecule has 0 aliphatic carbocycles. The Morgan fingerprint density at radius 1 is 0.741 bits per heavy atom. The van der Waals surface area contributed by atoms with Crippen LogP contribution in [0.5, 0.6) is 5.75 Å². The van der Waals surface area contributed by atoms with E-state index in [1.807, 2.05) is 38.4 Å². The first kappa shape index (κ1) is 20.9. The maximum atomic E-state index is 11.8. The molecule has 4 nitrogen and oxygen atoms in total. The van der Waals surface area contributed by atoms with Crippen LogP contribution in [0.3, 0.4) is 0 Å². The molecule has 27 heavy (non-hydrogen) atoms. The molecule has 2 aromatic rings. The highest BCUT2D eigenvalue weighted by Gasteiger charge is 1.96. The second kappa shape index (κ2) is 12.1. The summed E-state index contributed by atoms with van der Waals surface area (Å²) in [6, 6.07) is 16.3. The topological polar surface area (TPSA) is 30.9 Å². The largest absolute Gasteiger partial charge is 0.491 e. The van der Waals surface area contributed by atoms with Gasteiger partial charge in [-0.25, -0.2) is 4.39 Å². The van der Waals surface area contributed by atoms with Gasteiger partial charge in [-0.3, -0.25) is 0 Å². The zero-order valence-corrected chi connectivity index (χ0v) is 16.1. The monoisotopic (exact) mass is 372 g/mol. The van der Waals surface area contributed by atoms with Gasteiger partial charge in [-0.1, -0.05) is 36.4 Å². The Hall–Kier alpha value is -2.37. The minimum atomic E-state index is -0.461. The lowest BCUT2D eigenvalue weighted by Gasteiger charge is -2.11. The number of anilines is 1. The Bertz CT molecular complexity index is 669. The lowest BCUT2D eigenvalue weighted by atomic mass is 10.1. The predicted octanol–water partition coefficient (Wildman–Crippen LogP) is 4.30. The summed E-state index contributed by atoms with van der Waals surface area (Å²) in [6.45, 7) is 1.46. The summed E-state index contributed by atoms with van der Waals surface area (Å²) in [5, 5.41) is 0. The van der Waals surface area contributed by atoms with Crippen molar-refractivity contribution in [2.24, 2.45) is 0 Å². The van der Waals surface area contributed by atoms with Crippen LogP contribution in [0.4, 0.5) is 10.1 Å². The van der Waals surface area contributed by atoms with Crippen LogP contribution in [-0.4, -0.2) is 53.8 Å². The smallest absolute Gasteiger partial charge is 0.119 e. The molecule has 0 saturated carbocycles. The van der Waals surface area contributed by atoms with Crippen molar-refractivity contribution in [1.82, 2.24) is 0 Å². The van der Waals surface area contributed by atoms with E-state index in [0.717, 1.165) is 16.9 Å². The van der Waals surface area contributed by atoms with E-state index in [1.165, 1.54) is 5.69 Å². The summed E-state index contributed by atoms with van der Waals surface area (Å²) >= 11 is 0. The molecule has 0 atom stereocenters. The van der Waals surface area contributed by atoms with Gasteiger partial charge < -0.3 is 19.1 Å². The van der Waals surface area contributed by atoms with Crippen molar-refractivity contribution in [1.29, 1.82) is 0 Å². The second-order valence-corrected chi connectivity index (χ2v) is 6.15. The van der Waals surface area contributed by atoms with E-state index >= 15 is 0 Å². The molecule has 0 radical (unpaired) electrons. The molecule has 5 heteroatoms. The molecule has 0 N–H and O–H groups in total. The van der Waals surface area contributed by atoms with Gasteiger partial charge >= 0.3 is 0 Å². The Morgan fingerprint density at radius 2 is 1.26 bits per heavy atom. The first-order chi connectivity index (χ1) is 13.2. The molecule has 0 heterocycles. The van der Waals surface area contributed by atoms with E-state index in [9.17, 15) is 4.39 Å². The highest BCUT2D eigenvalue weighted by Crippen LogP contribution is 2.16. The van der Waals surface area contributed by atoms with Crippen molar-refractivity contribution in [3.63, 3.8) is 0 Å². The SMILES string of the molecule is CN(C)c1ccc(/C=C/c2ccc(OCCOCCOCC[18F])cc2)cc1. The van der Waals surface area contributed by atoms with Crippen molar-refractivity contribution in [3.05, 3.63) is 59.7 Å². The fraction of sp³-hybridized carbons (Fsp3) is 0.364. The normalized spacial score (nSPS) is 11.1. The number of hydrogen-bond donors (Lipinski definition) is 0. The number of nitrogens with zero attached hydrogens (tertiary/aromatic N) is 1. The fourth-order valence-electron chi connectivity index (χ4n) is 2.35. The number of hydrogen-bond acceptors (Lipinski definition) is 4. The third-order valence-corrected chi connectivity index (χ3v) is 3.85. The fourth-order valence-corrected chi connectivity index (χ4v) is 2.35. The molecule has 0 amide bonds. The maximum Gasteiger partial charge on any atom is 0.119 e. The van der Waals surface area contributed by atoms with Crippen LogP contribution < -0.4 is 9.64 Å². The molecular formula is C22H28FNO3. The number of alkyl halides is 1. The Kier molecular flexibility index (Phi) is 9.38. The van der Waals surface area contributed by atoms with Gasteiger partial charge in [0.05, 0.1) is 26.4 Å². The van der Waals surface area contributed by atoms with E-state index in [2.05, 4.69) is 41.3 Å². The van der Waals surface area contributed by atoms with Gasteiger partial charge in [-0.2, -0.15) is 0 Å². The molecule has 2 aromatic carbocycles. The van der Waals surface area contributed by atoms with Crippen LogP contribution >= 0.6 is 0 Å². The highest BCUT2D eigenvalue weighted by molar-refractivity contribution is 5.70. The minimum Gasteiger partial charge on any atom is -0.491 e. The van der Waals surface area contributed by atoms with E-state index in [4.69, 9.17) is 14.2 Å². The zero-order chi connectivity index (χ0) is 19.3. The van der Waals surface area contributed by atoms with Crippen LogP contribution in [0.25, 0.3) is 12.2 Å². The van der Waals surface area contributed by atoms with Crippen molar-refractivity contribution < 1.29 is 18.6 Å². The molecule has 0 bridgehead atoms. The van der Waals surface area contributed by atoms with Crippen molar-refractivity contribution >= 4 is 17.8 Å². The molecule has 0 saturated heterocycles.